The van der Waals surface area contributed by atoms with Crippen LogP contribution in [0.5, 0.6) is 0 Å². The molecule has 0 fully saturated rings. The summed E-state index contributed by atoms with van der Waals surface area (Å²) >= 11 is 0. The number of benzene rings is 9. The van der Waals surface area contributed by atoms with Crippen molar-refractivity contribution in [2.24, 2.45) is 4.99 Å². The highest BCUT2D eigenvalue weighted by molar-refractivity contribution is 6.19. The van der Waals surface area contributed by atoms with E-state index >= 15 is 0 Å². The first kappa shape index (κ1) is 32.7. The Labute approximate surface area is 333 Å². The van der Waals surface area contributed by atoms with Crippen LogP contribution in [0.25, 0.3) is 87.7 Å². The molecule has 274 valence electrons. The number of amidine groups is 1. The molecule has 2 unspecified atom stereocenters. The maximum Gasteiger partial charge on any atom is 0.143 e. The van der Waals surface area contributed by atoms with E-state index in [-0.39, 0.29) is 12.3 Å². The number of fused-ring (bicyclic) bond motifs is 8. The highest BCUT2D eigenvalue weighted by atomic mass is 16.3. The predicted molar refractivity (Wildman–Crippen MR) is 238 cm³/mol. The fourth-order valence-electron chi connectivity index (χ4n) is 9.10. The summed E-state index contributed by atoms with van der Waals surface area (Å²) in [4.78, 5) is 5.42. The van der Waals surface area contributed by atoms with Crippen molar-refractivity contribution in [1.82, 2.24) is 10.6 Å². The molecule has 1 aliphatic rings. The SMILES string of the molecule is c1ccc(-c2cccc3c2oc2cccc(-c4ccc(C5NC(c6cccc7oc8ccccc8c67)=NC(c6ccc7ccccc7c6)N5)c5ccccc45)c23)cc1. The van der Waals surface area contributed by atoms with Crippen LogP contribution in [0, 0.1) is 0 Å². The van der Waals surface area contributed by atoms with Gasteiger partial charge in [-0.15, -0.1) is 0 Å². The molecule has 0 saturated carbocycles. The van der Waals surface area contributed by atoms with Crippen molar-refractivity contribution in [3.8, 4) is 22.3 Å². The minimum atomic E-state index is -0.317. The van der Waals surface area contributed by atoms with Crippen molar-refractivity contribution in [2.75, 3.05) is 0 Å². The fourth-order valence-corrected chi connectivity index (χ4v) is 9.10. The molecule has 3 heterocycles. The molecule has 9 aromatic carbocycles. The molecule has 0 bridgehead atoms. The zero-order valence-corrected chi connectivity index (χ0v) is 31.3. The molecule has 11 aromatic rings. The van der Waals surface area contributed by atoms with Crippen LogP contribution in [-0.2, 0) is 0 Å². The zero-order chi connectivity index (χ0) is 38.2. The minimum absolute atomic E-state index is 0.268. The third-order valence-corrected chi connectivity index (χ3v) is 11.8. The van der Waals surface area contributed by atoms with Gasteiger partial charge in [0.1, 0.15) is 40.5 Å². The topological polar surface area (TPSA) is 62.7 Å². The summed E-state index contributed by atoms with van der Waals surface area (Å²) in [6.07, 6.45) is -0.585. The Bertz CT molecular complexity index is 3430. The summed E-state index contributed by atoms with van der Waals surface area (Å²) in [5.41, 5.74) is 11.2. The van der Waals surface area contributed by atoms with Crippen LogP contribution in [0.4, 0.5) is 0 Å². The van der Waals surface area contributed by atoms with Gasteiger partial charge in [0.2, 0.25) is 0 Å². The third-order valence-electron chi connectivity index (χ3n) is 11.8. The van der Waals surface area contributed by atoms with Crippen LogP contribution in [0.15, 0.2) is 202 Å². The number of nitrogens with zero attached hydrogens (tertiary/aromatic N) is 1. The number of aliphatic imine (C=N–C) groups is 1. The molecular formula is C53H35N3O2. The van der Waals surface area contributed by atoms with Gasteiger partial charge in [0.25, 0.3) is 0 Å². The summed E-state index contributed by atoms with van der Waals surface area (Å²) < 4.78 is 13.0. The van der Waals surface area contributed by atoms with Gasteiger partial charge in [0.05, 0.1) is 0 Å². The average molecular weight is 746 g/mol. The Morgan fingerprint density at radius 1 is 0.431 bits per heavy atom. The van der Waals surface area contributed by atoms with Crippen LogP contribution in [0.3, 0.4) is 0 Å². The van der Waals surface area contributed by atoms with Gasteiger partial charge in [-0.3, -0.25) is 5.32 Å². The lowest BCUT2D eigenvalue weighted by Crippen LogP contribution is -2.45. The lowest BCUT2D eigenvalue weighted by molar-refractivity contribution is 0.411. The van der Waals surface area contributed by atoms with Gasteiger partial charge in [-0.1, -0.05) is 164 Å². The van der Waals surface area contributed by atoms with Crippen LogP contribution in [0.1, 0.15) is 29.0 Å². The van der Waals surface area contributed by atoms with E-state index in [9.17, 15) is 0 Å². The number of hydrogen-bond acceptors (Lipinski definition) is 5. The molecular weight excluding hydrogens is 711 g/mol. The standard InChI is InChI=1S/C53H35N3O2/c1-2-14-33(15-3-1)36-20-10-22-43-48-40(21-11-26-47(48)58-50(36)43)39-29-30-41(38-18-7-6-17-37(38)39)52-54-51(35-28-27-32-13-4-5-16-34(32)31-35)55-53(56-52)44-23-12-25-46-49(44)42-19-8-9-24-45(42)57-46/h1-31,51-52,54H,(H,55,56). The van der Waals surface area contributed by atoms with E-state index < -0.39 is 0 Å². The molecule has 5 heteroatoms. The second-order valence-electron chi connectivity index (χ2n) is 15.1. The smallest absolute Gasteiger partial charge is 0.143 e. The van der Waals surface area contributed by atoms with Crippen molar-refractivity contribution < 1.29 is 8.83 Å². The zero-order valence-electron chi connectivity index (χ0n) is 31.3. The number of hydrogen-bond donors (Lipinski definition) is 2. The molecule has 0 amide bonds. The Kier molecular flexibility index (Phi) is 7.37. The first-order chi connectivity index (χ1) is 28.7. The maximum atomic E-state index is 6.68. The molecule has 2 atom stereocenters. The number of furan rings is 2. The van der Waals surface area contributed by atoms with Gasteiger partial charge in [0.15, 0.2) is 0 Å². The van der Waals surface area contributed by atoms with E-state index in [2.05, 4.69) is 174 Å². The van der Waals surface area contributed by atoms with Gasteiger partial charge in [-0.25, -0.2) is 4.99 Å². The van der Waals surface area contributed by atoms with Crippen molar-refractivity contribution in [3.63, 3.8) is 0 Å². The Hall–Kier alpha value is -7.47. The minimum Gasteiger partial charge on any atom is -0.456 e. The highest BCUT2D eigenvalue weighted by Gasteiger charge is 2.29. The van der Waals surface area contributed by atoms with Gasteiger partial charge >= 0.3 is 0 Å². The van der Waals surface area contributed by atoms with Crippen molar-refractivity contribution >= 4 is 71.3 Å². The van der Waals surface area contributed by atoms with Crippen LogP contribution < -0.4 is 10.6 Å². The molecule has 1 aliphatic heterocycles. The first-order valence-electron chi connectivity index (χ1n) is 19.8. The summed E-state index contributed by atoms with van der Waals surface area (Å²) in [7, 11) is 0. The molecule has 0 saturated heterocycles. The molecule has 2 N–H and O–H groups in total. The van der Waals surface area contributed by atoms with Crippen molar-refractivity contribution in [3.05, 3.63) is 205 Å². The van der Waals surface area contributed by atoms with Crippen molar-refractivity contribution in [1.29, 1.82) is 0 Å². The van der Waals surface area contributed by atoms with E-state index in [0.29, 0.717) is 0 Å². The van der Waals surface area contributed by atoms with Crippen molar-refractivity contribution in [2.45, 2.75) is 12.3 Å². The van der Waals surface area contributed by atoms with E-state index in [0.717, 1.165) is 94.0 Å². The first-order valence-corrected chi connectivity index (χ1v) is 19.8. The molecule has 12 rings (SSSR count). The van der Waals surface area contributed by atoms with Gasteiger partial charge in [-0.05, 0) is 73.6 Å². The summed E-state index contributed by atoms with van der Waals surface area (Å²) in [5, 5.41) is 16.9. The van der Waals surface area contributed by atoms with Crippen LogP contribution in [0.2, 0.25) is 0 Å². The maximum absolute atomic E-state index is 6.68. The van der Waals surface area contributed by atoms with Gasteiger partial charge < -0.3 is 14.2 Å². The fraction of sp³-hybridized carbons (Fsp3) is 0.0377. The normalized spacial score (nSPS) is 15.8. The molecule has 2 aromatic heterocycles. The predicted octanol–water partition coefficient (Wildman–Crippen LogP) is 13.5. The van der Waals surface area contributed by atoms with Crippen LogP contribution >= 0.6 is 0 Å². The Balaban J connectivity index is 1.02. The molecule has 58 heavy (non-hydrogen) atoms. The van der Waals surface area contributed by atoms with E-state index in [1.165, 1.54) is 16.2 Å². The van der Waals surface area contributed by atoms with E-state index in [1.807, 2.05) is 24.3 Å². The average Bonchev–Trinajstić information content (AvgIpc) is 3.88. The second kappa shape index (κ2) is 13.1. The lowest BCUT2D eigenvalue weighted by atomic mass is 9.91. The Morgan fingerprint density at radius 3 is 1.97 bits per heavy atom. The number of para-hydroxylation sites is 2. The quantitative estimate of drug-likeness (QED) is 0.184. The van der Waals surface area contributed by atoms with Gasteiger partial charge in [0, 0.05) is 32.7 Å². The third kappa shape index (κ3) is 5.18. The number of rotatable bonds is 5. The lowest BCUT2D eigenvalue weighted by Gasteiger charge is -2.33. The van der Waals surface area contributed by atoms with Gasteiger partial charge in [-0.2, -0.15) is 0 Å². The molecule has 0 aliphatic carbocycles. The Morgan fingerprint density at radius 2 is 1.09 bits per heavy atom. The van der Waals surface area contributed by atoms with Crippen LogP contribution in [-0.4, -0.2) is 5.84 Å². The highest BCUT2D eigenvalue weighted by Crippen LogP contribution is 2.43. The second-order valence-corrected chi connectivity index (χ2v) is 15.1. The number of nitrogens with one attached hydrogen (secondary N) is 2. The largest absolute Gasteiger partial charge is 0.456 e. The molecule has 0 radical (unpaired) electrons. The van der Waals surface area contributed by atoms with E-state index in [4.69, 9.17) is 13.8 Å². The molecule has 5 nitrogen and oxygen atoms in total. The summed E-state index contributed by atoms with van der Waals surface area (Å²) in [5.74, 6) is 0.816. The molecule has 0 spiro atoms. The van der Waals surface area contributed by atoms with E-state index in [1.54, 1.807) is 0 Å². The summed E-state index contributed by atoms with van der Waals surface area (Å²) in [6, 6.07) is 66.2. The summed E-state index contributed by atoms with van der Waals surface area (Å²) in [6.45, 7) is 0. The monoisotopic (exact) mass is 745 g/mol.